The van der Waals surface area contributed by atoms with Gasteiger partial charge in [-0.1, -0.05) is 0 Å². The maximum Gasteiger partial charge on any atom is 0.390 e. The molecule has 6 heteroatoms. The molecule has 0 saturated heterocycles. The molecule has 0 rings (SSSR count). The van der Waals surface area contributed by atoms with E-state index in [1.54, 1.807) is 0 Å². The third kappa shape index (κ3) is 7.65. The predicted octanol–water partition coefficient (Wildman–Crippen LogP) is 1.68. The summed E-state index contributed by atoms with van der Waals surface area (Å²) in [5.41, 5.74) is 0. The summed E-state index contributed by atoms with van der Waals surface area (Å²) >= 11 is 5.18. The fraction of sp³-hybridized carbons (Fsp3) is 0.833. The Morgan fingerprint density at radius 3 is 2.42 bits per heavy atom. The molecule has 0 saturated carbocycles. The van der Waals surface area contributed by atoms with E-state index in [0.717, 1.165) is 0 Å². The largest absolute Gasteiger partial charge is 0.390 e. The van der Waals surface area contributed by atoms with Crippen LogP contribution in [0.3, 0.4) is 0 Å². The van der Waals surface area contributed by atoms with Gasteiger partial charge in [-0.3, -0.25) is 4.79 Å². The molecule has 0 aromatic carbocycles. The summed E-state index contributed by atoms with van der Waals surface area (Å²) in [6.07, 6.45) is -5.16. The van der Waals surface area contributed by atoms with Crippen molar-refractivity contribution < 1.29 is 18.0 Å². The lowest BCUT2D eigenvalue weighted by Gasteiger charge is -2.06. The van der Waals surface area contributed by atoms with Gasteiger partial charge in [0.2, 0.25) is 5.91 Å². The second-order valence-electron chi connectivity index (χ2n) is 2.15. The number of carbonyl (C=O) groups excluding carboxylic acids is 1. The molecule has 0 spiro atoms. The first-order valence-electron chi connectivity index (χ1n) is 3.35. The van der Waals surface area contributed by atoms with Crippen LogP contribution >= 0.6 is 11.6 Å². The Balaban J connectivity index is 3.37. The van der Waals surface area contributed by atoms with E-state index in [1.807, 2.05) is 0 Å². The third-order valence-electron chi connectivity index (χ3n) is 1.05. The van der Waals surface area contributed by atoms with Crippen LogP contribution in [0.2, 0.25) is 0 Å². The molecule has 0 aromatic rings. The number of carbonyl (C=O) groups is 1. The molecular weight excluding hydrogens is 195 g/mol. The highest BCUT2D eigenvalue weighted by Gasteiger charge is 2.26. The molecule has 0 aromatic heterocycles. The van der Waals surface area contributed by atoms with Gasteiger partial charge in [-0.05, 0) is 0 Å². The maximum absolute atomic E-state index is 11.5. The van der Waals surface area contributed by atoms with Crippen LogP contribution < -0.4 is 5.32 Å². The summed E-state index contributed by atoms with van der Waals surface area (Å²) in [5.74, 6) is -0.327. The molecule has 0 aliphatic carbocycles. The minimum Gasteiger partial charge on any atom is -0.356 e. The molecule has 0 atom stereocenters. The molecule has 0 heterocycles. The minimum absolute atomic E-state index is 0.0550. The van der Waals surface area contributed by atoms with Gasteiger partial charge < -0.3 is 5.32 Å². The van der Waals surface area contributed by atoms with Crippen molar-refractivity contribution in [1.29, 1.82) is 0 Å². The van der Waals surface area contributed by atoms with Crippen molar-refractivity contribution in [2.45, 2.75) is 19.0 Å². The number of hydrogen-bond acceptors (Lipinski definition) is 1. The van der Waals surface area contributed by atoms with Crippen molar-refractivity contribution in [2.75, 3.05) is 12.4 Å². The SMILES string of the molecule is O=C(CCCl)NCCC(F)(F)F. The summed E-state index contributed by atoms with van der Waals surface area (Å²) < 4.78 is 34.5. The molecular formula is C6H9ClF3NO. The zero-order chi connectivity index (χ0) is 9.61. The van der Waals surface area contributed by atoms with E-state index >= 15 is 0 Å². The summed E-state index contributed by atoms with van der Waals surface area (Å²) in [6.45, 7) is -0.376. The van der Waals surface area contributed by atoms with Gasteiger partial charge in [-0.25, -0.2) is 0 Å². The van der Waals surface area contributed by atoms with Gasteiger partial charge in [0, 0.05) is 18.8 Å². The summed E-state index contributed by atoms with van der Waals surface area (Å²) in [4.78, 5) is 10.6. The predicted molar refractivity (Wildman–Crippen MR) is 39.0 cm³/mol. The van der Waals surface area contributed by atoms with E-state index < -0.39 is 18.5 Å². The van der Waals surface area contributed by atoms with Crippen LogP contribution in [0.15, 0.2) is 0 Å². The van der Waals surface area contributed by atoms with Crippen LogP contribution in [0.4, 0.5) is 13.2 Å². The fourth-order valence-corrected chi connectivity index (χ4v) is 0.690. The second kappa shape index (κ2) is 5.24. The van der Waals surface area contributed by atoms with Gasteiger partial charge in [-0.15, -0.1) is 11.6 Å². The van der Waals surface area contributed by atoms with Gasteiger partial charge in [0.15, 0.2) is 0 Å². The average Bonchev–Trinajstić information content (AvgIpc) is 1.84. The van der Waals surface area contributed by atoms with Crippen LogP contribution in [-0.2, 0) is 4.79 Å². The van der Waals surface area contributed by atoms with E-state index in [4.69, 9.17) is 11.6 Å². The Hall–Kier alpha value is -0.450. The van der Waals surface area contributed by atoms with Crippen LogP contribution in [0.1, 0.15) is 12.8 Å². The number of amides is 1. The van der Waals surface area contributed by atoms with Crippen LogP contribution in [0.5, 0.6) is 0 Å². The standard InChI is InChI=1S/C6H9ClF3NO/c7-3-1-5(12)11-4-2-6(8,9)10/h1-4H2,(H,11,12). The Kier molecular flexibility index (Phi) is 5.04. The van der Waals surface area contributed by atoms with Crippen molar-refractivity contribution in [3.8, 4) is 0 Å². The zero-order valence-electron chi connectivity index (χ0n) is 6.25. The molecule has 0 radical (unpaired) electrons. The van der Waals surface area contributed by atoms with Crippen LogP contribution in [0.25, 0.3) is 0 Å². The molecule has 0 bridgehead atoms. The van der Waals surface area contributed by atoms with Gasteiger partial charge >= 0.3 is 6.18 Å². The Morgan fingerprint density at radius 1 is 1.42 bits per heavy atom. The fourth-order valence-electron chi connectivity index (χ4n) is 0.518. The topological polar surface area (TPSA) is 29.1 Å². The number of hydrogen-bond donors (Lipinski definition) is 1. The summed E-state index contributed by atoms with van der Waals surface area (Å²) in [7, 11) is 0. The molecule has 0 aliphatic heterocycles. The first kappa shape index (κ1) is 11.6. The van der Waals surface area contributed by atoms with Crippen molar-refractivity contribution in [1.82, 2.24) is 5.32 Å². The average molecular weight is 204 g/mol. The lowest BCUT2D eigenvalue weighted by atomic mass is 10.4. The quantitative estimate of drug-likeness (QED) is 0.692. The van der Waals surface area contributed by atoms with E-state index in [2.05, 4.69) is 5.32 Å². The number of rotatable bonds is 4. The molecule has 1 amide bonds. The monoisotopic (exact) mass is 203 g/mol. The zero-order valence-corrected chi connectivity index (χ0v) is 7.00. The smallest absolute Gasteiger partial charge is 0.356 e. The minimum atomic E-state index is -4.21. The summed E-state index contributed by atoms with van der Waals surface area (Å²) in [5, 5.41) is 2.10. The van der Waals surface area contributed by atoms with Gasteiger partial charge in [0.1, 0.15) is 0 Å². The van der Waals surface area contributed by atoms with E-state index in [-0.39, 0.29) is 18.8 Å². The number of halogens is 4. The molecule has 2 nitrogen and oxygen atoms in total. The Bertz CT molecular complexity index is 148. The molecule has 0 unspecified atom stereocenters. The molecule has 0 fully saturated rings. The van der Waals surface area contributed by atoms with Crippen LogP contribution in [0, 0.1) is 0 Å². The van der Waals surface area contributed by atoms with Crippen LogP contribution in [-0.4, -0.2) is 24.5 Å². The first-order valence-corrected chi connectivity index (χ1v) is 3.88. The van der Waals surface area contributed by atoms with Crippen molar-refractivity contribution in [3.05, 3.63) is 0 Å². The molecule has 12 heavy (non-hydrogen) atoms. The normalized spacial score (nSPS) is 11.3. The lowest BCUT2D eigenvalue weighted by molar-refractivity contribution is -0.135. The van der Waals surface area contributed by atoms with Crippen molar-refractivity contribution >= 4 is 17.5 Å². The molecule has 1 N–H and O–H groups in total. The van der Waals surface area contributed by atoms with E-state index in [0.29, 0.717) is 0 Å². The third-order valence-corrected chi connectivity index (χ3v) is 1.24. The number of nitrogens with one attached hydrogen (secondary N) is 1. The Labute approximate surface area is 73.1 Å². The van der Waals surface area contributed by atoms with E-state index in [1.165, 1.54) is 0 Å². The first-order chi connectivity index (χ1) is 5.45. The maximum atomic E-state index is 11.5. The second-order valence-corrected chi connectivity index (χ2v) is 2.53. The highest BCUT2D eigenvalue weighted by Crippen LogP contribution is 2.17. The Morgan fingerprint density at radius 2 is 2.00 bits per heavy atom. The van der Waals surface area contributed by atoms with Crippen molar-refractivity contribution in [3.63, 3.8) is 0 Å². The van der Waals surface area contributed by atoms with E-state index in [9.17, 15) is 18.0 Å². The van der Waals surface area contributed by atoms with Gasteiger partial charge in [0.25, 0.3) is 0 Å². The highest BCUT2D eigenvalue weighted by molar-refractivity contribution is 6.18. The van der Waals surface area contributed by atoms with Crippen molar-refractivity contribution in [2.24, 2.45) is 0 Å². The highest BCUT2D eigenvalue weighted by atomic mass is 35.5. The molecule has 0 aliphatic rings. The lowest BCUT2D eigenvalue weighted by Crippen LogP contribution is -2.27. The summed E-state index contributed by atoms with van der Waals surface area (Å²) in [6, 6.07) is 0. The van der Waals surface area contributed by atoms with Gasteiger partial charge in [0.05, 0.1) is 6.42 Å². The molecule has 72 valence electrons. The van der Waals surface area contributed by atoms with Gasteiger partial charge in [-0.2, -0.15) is 13.2 Å². The number of alkyl halides is 4.